The molecule has 0 saturated carbocycles. The van der Waals surface area contributed by atoms with Gasteiger partial charge >= 0.3 is 0 Å². The molecule has 0 saturated heterocycles. The lowest BCUT2D eigenvalue weighted by atomic mass is 10.0. The van der Waals surface area contributed by atoms with Crippen molar-refractivity contribution in [3.8, 4) is 22.8 Å². The number of nitrogens with zero attached hydrogens (tertiary/aromatic N) is 1. The maximum atomic E-state index is 6.56. The fraction of sp³-hybridized carbons (Fsp3) is 0.167. The summed E-state index contributed by atoms with van der Waals surface area (Å²) in [7, 11) is 3.25. The summed E-state index contributed by atoms with van der Waals surface area (Å²) < 4.78 is 10.7. The zero-order valence-electron chi connectivity index (χ0n) is 12.7. The molecule has 4 heteroatoms. The predicted octanol–water partition coefficient (Wildman–Crippen LogP) is 4.88. The SMILES string of the molecule is COc1ccc(-c2nc3ccccc3c(C)c2Cl)c(OC)c1. The number of aromatic nitrogens is 1. The van der Waals surface area contributed by atoms with Gasteiger partial charge in [0.2, 0.25) is 0 Å². The van der Waals surface area contributed by atoms with E-state index < -0.39 is 0 Å². The maximum Gasteiger partial charge on any atom is 0.132 e. The summed E-state index contributed by atoms with van der Waals surface area (Å²) in [4.78, 5) is 4.72. The van der Waals surface area contributed by atoms with Crippen molar-refractivity contribution in [3.63, 3.8) is 0 Å². The third-order valence-corrected chi connectivity index (χ3v) is 4.20. The number of methoxy groups -OCH3 is 2. The molecule has 1 aromatic heterocycles. The van der Waals surface area contributed by atoms with Crippen LogP contribution in [0.1, 0.15) is 5.56 Å². The van der Waals surface area contributed by atoms with Crippen LogP contribution in [0.25, 0.3) is 22.2 Å². The van der Waals surface area contributed by atoms with Crippen LogP contribution in [0.5, 0.6) is 11.5 Å². The predicted molar refractivity (Wildman–Crippen MR) is 90.0 cm³/mol. The zero-order valence-corrected chi connectivity index (χ0v) is 13.4. The maximum absolute atomic E-state index is 6.56. The van der Waals surface area contributed by atoms with E-state index in [1.165, 1.54) is 0 Å². The number of hydrogen-bond acceptors (Lipinski definition) is 3. The molecule has 1 heterocycles. The molecule has 0 amide bonds. The normalized spacial score (nSPS) is 10.7. The molecule has 0 unspecified atom stereocenters. The minimum Gasteiger partial charge on any atom is -0.497 e. The molecule has 0 radical (unpaired) electrons. The monoisotopic (exact) mass is 313 g/mol. The van der Waals surface area contributed by atoms with Crippen molar-refractivity contribution in [2.24, 2.45) is 0 Å². The number of benzene rings is 2. The first-order valence-corrected chi connectivity index (χ1v) is 7.30. The van der Waals surface area contributed by atoms with Crippen LogP contribution in [0, 0.1) is 6.92 Å². The molecule has 0 atom stereocenters. The summed E-state index contributed by atoms with van der Waals surface area (Å²) in [6, 6.07) is 13.6. The smallest absolute Gasteiger partial charge is 0.132 e. The van der Waals surface area contributed by atoms with Crippen molar-refractivity contribution in [1.29, 1.82) is 0 Å². The first-order chi connectivity index (χ1) is 10.7. The average Bonchev–Trinajstić information content (AvgIpc) is 2.57. The van der Waals surface area contributed by atoms with Gasteiger partial charge in [-0.3, -0.25) is 0 Å². The number of aryl methyl sites for hydroxylation is 1. The van der Waals surface area contributed by atoms with E-state index in [0.717, 1.165) is 33.5 Å². The van der Waals surface area contributed by atoms with Gasteiger partial charge in [0.05, 0.1) is 30.5 Å². The van der Waals surface area contributed by atoms with Crippen LogP contribution in [-0.2, 0) is 0 Å². The number of para-hydroxylation sites is 1. The van der Waals surface area contributed by atoms with Gasteiger partial charge in [0, 0.05) is 17.0 Å². The second-order valence-corrected chi connectivity index (χ2v) is 5.36. The van der Waals surface area contributed by atoms with Gasteiger partial charge in [-0.15, -0.1) is 0 Å². The number of pyridine rings is 1. The standard InChI is InChI=1S/C18H16ClNO2/c1-11-13-6-4-5-7-15(13)20-18(17(11)19)14-9-8-12(21-2)10-16(14)22-3/h4-10H,1-3H3. The van der Waals surface area contributed by atoms with Crippen LogP contribution in [0.2, 0.25) is 5.02 Å². The minimum atomic E-state index is 0.641. The molecule has 22 heavy (non-hydrogen) atoms. The van der Waals surface area contributed by atoms with Crippen molar-refractivity contribution in [2.75, 3.05) is 14.2 Å². The van der Waals surface area contributed by atoms with E-state index in [0.29, 0.717) is 10.8 Å². The number of hydrogen-bond donors (Lipinski definition) is 0. The van der Waals surface area contributed by atoms with Gasteiger partial charge in [0.1, 0.15) is 11.5 Å². The van der Waals surface area contributed by atoms with E-state index in [-0.39, 0.29) is 0 Å². The Morgan fingerprint density at radius 3 is 2.50 bits per heavy atom. The van der Waals surface area contributed by atoms with Gasteiger partial charge in [-0.05, 0) is 30.7 Å². The van der Waals surface area contributed by atoms with Gasteiger partial charge in [-0.25, -0.2) is 4.98 Å². The second-order valence-electron chi connectivity index (χ2n) is 4.98. The molecule has 112 valence electrons. The van der Waals surface area contributed by atoms with Crippen molar-refractivity contribution in [1.82, 2.24) is 4.98 Å². The van der Waals surface area contributed by atoms with Gasteiger partial charge in [-0.1, -0.05) is 29.8 Å². The summed E-state index contributed by atoms with van der Waals surface area (Å²) in [5.74, 6) is 1.41. The molecule has 0 aliphatic heterocycles. The molecular weight excluding hydrogens is 298 g/mol. The van der Waals surface area contributed by atoms with E-state index in [1.807, 2.05) is 49.4 Å². The Labute approximate surface area is 134 Å². The quantitative estimate of drug-likeness (QED) is 0.690. The Kier molecular flexibility index (Phi) is 3.90. The van der Waals surface area contributed by atoms with Crippen LogP contribution in [0.4, 0.5) is 0 Å². The highest BCUT2D eigenvalue weighted by Crippen LogP contribution is 2.39. The fourth-order valence-electron chi connectivity index (χ4n) is 2.53. The van der Waals surface area contributed by atoms with Crippen molar-refractivity contribution in [2.45, 2.75) is 6.92 Å². The first-order valence-electron chi connectivity index (χ1n) is 6.93. The lowest BCUT2D eigenvalue weighted by Gasteiger charge is -2.14. The second kappa shape index (κ2) is 5.85. The number of ether oxygens (including phenoxy) is 2. The van der Waals surface area contributed by atoms with E-state index in [2.05, 4.69) is 0 Å². The van der Waals surface area contributed by atoms with Gasteiger partial charge < -0.3 is 9.47 Å². The average molecular weight is 314 g/mol. The number of fused-ring (bicyclic) bond motifs is 1. The molecule has 0 spiro atoms. The van der Waals surface area contributed by atoms with Crippen molar-refractivity contribution in [3.05, 3.63) is 53.1 Å². The van der Waals surface area contributed by atoms with E-state index in [9.17, 15) is 0 Å². The minimum absolute atomic E-state index is 0.641. The summed E-state index contributed by atoms with van der Waals surface area (Å²) >= 11 is 6.56. The third-order valence-electron chi connectivity index (χ3n) is 3.74. The Hall–Kier alpha value is -2.26. The van der Waals surface area contributed by atoms with Crippen LogP contribution in [0.15, 0.2) is 42.5 Å². The summed E-state index contributed by atoms with van der Waals surface area (Å²) in [6.07, 6.45) is 0. The Morgan fingerprint density at radius 1 is 1.00 bits per heavy atom. The van der Waals surface area contributed by atoms with Crippen LogP contribution >= 0.6 is 11.6 Å². The van der Waals surface area contributed by atoms with Crippen LogP contribution in [0.3, 0.4) is 0 Å². The molecule has 0 bridgehead atoms. The highest BCUT2D eigenvalue weighted by molar-refractivity contribution is 6.34. The summed E-state index contributed by atoms with van der Waals surface area (Å²) in [6.45, 7) is 2.01. The molecule has 3 nitrogen and oxygen atoms in total. The first kappa shape index (κ1) is 14.7. The third kappa shape index (κ3) is 2.38. The number of halogens is 1. The Bertz CT molecular complexity index is 846. The lowest BCUT2D eigenvalue weighted by Crippen LogP contribution is -1.95. The van der Waals surface area contributed by atoms with Gasteiger partial charge in [0.15, 0.2) is 0 Å². The summed E-state index contributed by atoms with van der Waals surface area (Å²) in [5, 5.41) is 1.70. The molecule has 0 aliphatic carbocycles. The van der Waals surface area contributed by atoms with Crippen molar-refractivity contribution < 1.29 is 9.47 Å². The molecule has 3 aromatic rings. The topological polar surface area (TPSA) is 31.4 Å². The Balaban J connectivity index is 2.28. The van der Waals surface area contributed by atoms with Gasteiger partial charge in [-0.2, -0.15) is 0 Å². The molecule has 0 aliphatic rings. The van der Waals surface area contributed by atoms with Crippen molar-refractivity contribution >= 4 is 22.5 Å². The van der Waals surface area contributed by atoms with E-state index in [1.54, 1.807) is 14.2 Å². The molecule has 3 rings (SSSR count). The Morgan fingerprint density at radius 2 is 1.77 bits per heavy atom. The lowest BCUT2D eigenvalue weighted by molar-refractivity contribution is 0.395. The fourth-order valence-corrected chi connectivity index (χ4v) is 2.77. The molecule has 2 aromatic carbocycles. The highest BCUT2D eigenvalue weighted by Gasteiger charge is 2.16. The van der Waals surface area contributed by atoms with Crippen LogP contribution in [-0.4, -0.2) is 19.2 Å². The zero-order chi connectivity index (χ0) is 15.7. The summed E-state index contributed by atoms with van der Waals surface area (Å²) in [5.41, 5.74) is 3.50. The van der Waals surface area contributed by atoms with Crippen LogP contribution < -0.4 is 9.47 Å². The molecule has 0 N–H and O–H groups in total. The highest BCUT2D eigenvalue weighted by atomic mass is 35.5. The van der Waals surface area contributed by atoms with E-state index in [4.69, 9.17) is 26.1 Å². The van der Waals surface area contributed by atoms with Gasteiger partial charge in [0.25, 0.3) is 0 Å². The molecule has 0 fully saturated rings. The largest absolute Gasteiger partial charge is 0.497 e. The van der Waals surface area contributed by atoms with E-state index >= 15 is 0 Å². The number of rotatable bonds is 3. The molecular formula is C18H16ClNO2.